The highest BCUT2D eigenvalue weighted by Crippen LogP contribution is 2.34. The number of hydrogen-bond donors (Lipinski definition) is 0. The fourth-order valence-corrected chi connectivity index (χ4v) is 3.18. The van der Waals surface area contributed by atoms with Crippen molar-refractivity contribution in [1.82, 2.24) is 4.37 Å². The molecule has 76 valence electrons. The summed E-state index contributed by atoms with van der Waals surface area (Å²) in [4.78, 5) is 1.39. The maximum Gasteiger partial charge on any atom is 0.0584 e. The summed E-state index contributed by atoms with van der Waals surface area (Å²) in [5, 5.41) is 0. The number of benzene rings is 1. The lowest BCUT2D eigenvalue weighted by Gasteiger charge is -2.10. The minimum atomic E-state index is 1.18. The van der Waals surface area contributed by atoms with Crippen LogP contribution in [0.3, 0.4) is 0 Å². The highest BCUT2D eigenvalue weighted by atomic mass is 32.1. The van der Waals surface area contributed by atoms with Crippen LogP contribution < -0.4 is 0 Å². The molecular weight excluding hydrogens is 202 g/mol. The lowest BCUT2D eigenvalue weighted by Crippen LogP contribution is -2.01. The molecule has 0 saturated carbocycles. The Labute approximate surface area is 93.9 Å². The van der Waals surface area contributed by atoms with Crippen LogP contribution in [0.25, 0.3) is 10.4 Å². The van der Waals surface area contributed by atoms with Gasteiger partial charge in [0, 0.05) is 0 Å². The largest absolute Gasteiger partial charge is 0.197 e. The molecule has 1 nitrogen and oxygen atoms in total. The molecule has 1 aliphatic carbocycles. The summed E-state index contributed by atoms with van der Waals surface area (Å²) in [6.07, 6.45) is 5.03. The van der Waals surface area contributed by atoms with E-state index in [1.165, 1.54) is 47.4 Å². The molecule has 0 bridgehead atoms. The Bertz CT molecular complexity index is 459. The average Bonchev–Trinajstić information content (AvgIpc) is 2.74. The quantitative estimate of drug-likeness (QED) is 0.707. The standard InChI is InChI=1S/C13H13NS/c1-2-6-10(7-3-1)13-11-8-4-5-9-12(11)14-15-13/h1-3,6-7H,4-5,8-9H2. The molecule has 3 rings (SSSR count). The van der Waals surface area contributed by atoms with Crippen LogP contribution in [-0.2, 0) is 12.8 Å². The number of rotatable bonds is 1. The molecule has 1 heterocycles. The molecule has 1 aromatic carbocycles. The first-order valence-corrected chi connectivity index (χ1v) is 6.25. The monoisotopic (exact) mass is 215 g/mol. The van der Waals surface area contributed by atoms with E-state index in [4.69, 9.17) is 0 Å². The number of fused-ring (bicyclic) bond motifs is 1. The molecule has 1 aromatic heterocycles. The zero-order valence-electron chi connectivity index (χ0n) is 8.57. The maximum absolute atomic E-state index is 4.57. The van der Waals surface area contributed by atoms with Crippen molar-refractivity contribution in [2.45, 2.75) is 25.7 Å². The lowest BCUT2D eigenvalue weighted by atomic mass is 9.94. The normalized spacial score (nSPS) is 14.9. The Hall–Kier alpha value is -1.15. The summed E-state index contributed by atoms with van der Waals surface area (Å²) < 4.78 is 4.57. The van der Waals surface area contributed by atoms with E-state index in [9.17, 15) is 0 Å². The van der Waals surface area contributed by atoms with Crippen LogP contribution in [0.4, 0.5) is 0 Å². The number of aryl methyl sites for hydroxylation is 1. The molecule has 0 aliphatic heterocycles. The minimum Gasteiger partial charge on any atom is -0.197 e. The van der Waals surface area contributed by atoms with Gasteiger partial charge < -0.3 is 0 Å². The van der Waals surface area contributed by atoms with Crippen LogP contribution >= 0.6 is 11.5 Å². The molecule has 0 fully saturated rings. The minimum absolute atomic E-state index is 1.18. The van der Waals surface area contributed by atoms with Gasteiger partial charge in [-0.3, -0.25) is 0 Å². The fraction of sp³-hybridized carbons (Fsp3) is 0.308. The van der Waals surface area contributed by atoms with Gasteiger partial charge in [0.2, 0.25) is 0 Å². The zero-order chi connectivity index (χ0) is 10.1. The van der Waals surface area contributed by atoms with Crippen LogP contribution in [0.2, 0.25) is 0 Å². The van der Waals surface area contributed by atoms with E-state index >= 15 is 0 Å². The second-order valence-electron chi connectivity index (χ2n) is 4.01. The van der Waals surface area contributed by atoms with Gasteiger partial charge in [-0.15, -0.1) is 0 Å². The van der Waals surface area contributed by atoms with Crippen molar-refractivity contribution >= 4 is 11.5 Å². The Morgan fingerprint density at radius 1 is 1.00 bits per heavy atom. The molecule has 0 spiro atoms. The van der Waals surface area contributed by atoms with E-state index in [0.29, 0.717) is 0 Å². The third-order valence-corrected chi connectivity index (χ3v) is 3.97. The summed E-state index contributed by atoms with van der Waals surface area (Å²) in [7, 11) is 0. The Morgan fingerprint density at radius 2 is 1.80 bits per heavy atom. The molecule has 0 N–H and O–H groups in total. The third kappa shape index (κ3) is 1.59. The molecule has 15 heavy (non-hydrogen) atoms. The van der Waals surface area contributed by atoms with E-state index in [-0.39, 0.29) is 0 Å². The molecule has 0 atom stereocenters. The van der Waals surface area contributed by atoms with Crippen LogP contribution in [0.15, 0.2) is 30.3 Å². The Kier molecular flexibility index (Phi) is 2.29. The summed E-state index contributed by atoms with van der Waals surface area (Å²) in [6.45, 7) is 0. The van der Waals surface area contributed by atoms with Crippen LogP contribution in [0, 0.1) is 0 Å². The average molecular weight is 215 g/mol. The summed E-state index contributed by atoms with van der Waals surface area (Å²) in [6, 6.07) is 10.6. The molecule has 0 saturated heterocycles. The highest BCUT2D eigenvalue weighted by Gasteiger charge is 2.17. The summed E-state index contributed by atoms with van der Waals surface area (Å²) in [5.41, 5.74) is 4.20. The van der Waals surface area contributed by atoms with Crippen molar-refractivity contribution in [3.63, 3.8) is 0 Å². The SMILES string of the molecule is c1ccc(-c2snc3c2CCCC3)cc1. The first-order chi connectivity index (χ1) is 7.45. The van der Waals surface area contributed by atoms with Gasteiger partial charge in [0.05, 0.1) is 10.6 Å². The van der Waals surface area contributed by atoms with Gasteiger partial charge in [-0.1, -0.05) is 30.3 Å². The van der Waals surface area contributed by atoms with Crippen molar-refractivity contribution in [2.24, 2.45) is 0 Å². The van der Waals surface area contributed by atoms with Gasteiger partial charge in [-0.2, -0.15) is 4.37 Å². The van der Waals surface area contributed by atoms with E-state index in [0.717, 1.165) is 0 Å². The van der Waals surface area contributed by atoms with E-state index in [1.54, 1.807) is 11.5 Å². The first-order valence-electron chi connectivity index (χ1n) is 5.48. The van der Waals surface area contributed by atoms with E-state index in [1.807, 2.05) is 0 Å². The lowest BCUT2D eigenvalue weighted by molar-refractivity contribution is 0.679. The van der Waals surface area contributed by atoms with Gasteiger partial charge in [-0.05, 0) is 48.3 Å². The molecule has 0 radical (unpaired) electrons. The smallest absolute Gasteiger partial charge is 0.0584 e. The zero-order valence-corrected chi connectivity index (χ0v) is 9.39. The van der Waals surface area contributed by atoms with Crippen molar-refractivity contribution in [3.05, 3.63) is 41.6 Å². The molecule has 2 aromatic rings. The summed E-state index contributed by atoms with van der Waals surface area (Å²) in [5.74, 6) is 0. The van der Waals surface area contributed by atoms with Crippen LogP contribution in [0.5, 0.6) is 0 Å². The molecule has 2 heteroatoms. The molecular formula is C13H13NS. The Morgan fingerprint density at radius 3 is 2.67 bits per heavy atom. The second kappa shape index (κ2) is 3.78. The number of hydrogen-bond acceptors (Lipinski definition) is 2. The maximum atomic E-state index is 4.57. The highest BCUT2D eigenvalue weighted by molar-refractivity contribution is 7.09. The predicted octanol–water partition coefficient (Wildman–Crippen LogP) is 3.69. The second-order valence-corrected chi connectivity index (χ2v) is 4.78. The fourth-order valence-electron chi connectivity index (χ4n) is 2.21. The topological polar surface area (TPSA) is 12.9 Å². The van der Waals surface area contributed by atoms with Crippen molar-refractivity contribution in [2.75, 3.05) is 0 Å². The van der Waals surface area contributed by atoms with Gasteiger partial charge in [0.25, 0.3) is 0 Å². The van der Waals surface area contributed by atoms with Crippen LogP contribution in [0.1, 0.15) is 24.1 Å². The van der Waals surface area contributed by atoms with Gasteiger partial charge in [0.15, 0.2) is 0 Å². The summed E-state index contributed by atoms with van der Waals surface area (Å²) >= 11 is 1.67. The predicted molar refractivity (Wildman–Crippen MR) is 64.2 cm³/mol. The number of aromatic nitrogens is 1. The van der Waals surface area contributed by atoms with Gasteiger partial charge in [-0.25, -0.2) is 0 Å². The van der Waals surface area contributed by atoms with Crippen molar-refractivity contribution < 1.29 is 0 Å². The van der Waals surface area contributed by atoms with Crippen LogP contribution in [-0.4, -0.2) is 4.37 Å². The first kappa shape index (κ1) is 9.10. The molecule has 0 unspecified atom stereocenters. The van der Waals surface area contributed by atoms with Gasteiger partial charge in [0.1, 0.15) is 0 Å². The van der Waals surface area contributed by atoms with E-state index in [2.05, 4.69) is 34.7 Å². The van der Waals surface area contributed by atoms with Gasteiger partial charge >= 0.3 is 0 Å². The van der Waals surface area contributed by atoms with Crippen molar-refractivity contribution in [1.29, 1.82) is 0 Å². The van der Waals surface area contributed by atoms with E-state index < -0.39 is 0 Å². The third-order valence-electron chi connectivity index (χ3n) is 3.00. The molecule has 1 aliphatic rings. The number of nitrogens with zero attached hydrogens (tertiary/aromatic N) is 1. The molecule has 0 amide bonds. The van der Waals surface area contributed by atoms with Crippen molar-refractivity contribution in [3.8, 4) is 10.4 Å². The Balaban J connectivity index is 2.09.